The molecular formula is C15H13N4O2Re-. The fourth-order valence-electron chi connectivity index (χ4n) is 2.27. The van der Waals surface area contributed by atoms with Crippen molar-refractivity contribution in [1.82, 2.24) is 9.88 Å². The van der Waals surface area contributed by atoms with Crippen molar-refractivity contribution in [2.45, 2.75) is 13.1 Å². The fourth-order valence-corrected chi connectivity index (χ4v) is 2.27. The van der Waals surface area contributed by atoms with Crippen LogP contribution in [0.2, 0.25) is 0 Å². The molecule has 2 heterocycles. The van der Waals surface area contributed by atoms with E-state index in [4.69, 9.17) is 5.73 Å². The maximum Gasteiger partial charge on any atom is 0.322 e. The van der Waals surface area contributed by atoms with E-state index in [9.17, 15) is 9.59 Å². The molecule has 0 atom stereocenters. The molecule has 0 saturated carbocycles. The van der Waals surface area contributed by atoms with Gasteiger partial charge in [0.05, 0.1) is 5.91 Å². The Morgan fingerprint density at radius 1 is 1.09 bits per heavy atom. The average molecular weight is 468 g/mol. The van der Waals surface area contributed by atoms with Crippen LogP contribution in [0, 0.1) is 0 Å². The number of aromatic nitrogens is 1. The standard InChI is InChI=1S/C15H14N4O2.Re/c16-14(20)10-1-3-13(4-2-10)18-15(21)19-8-11-5-6-17-7-12(11)9-19;/h1-7H,8-9H2,(H3,16,18,20,21);/p-1. The fraction of sp³-hybridized carbons (Fsp3) is 0.133. The van der Waals surface area contributed by atoms with E-state index in [1.165, 1.54) is 12.1 Å². The molecule has 2 N–H and O–H groups in total. The number of amides is 3. The Bertz CT molecular complexity index is 678. The molecule has 22 heavy (non-hydrogen) atoms. The number of carbonyl (C=O) groups is 2. The Morgan fingerprint density at radius 3 is 2.41 bits per heavy atom. The summed E-state index contributed by atoms with van der Waals surface area (Å²) in [6.07, 6.45) is 3.49. The average Bonchev–Trinajstić information content (AvgIpc) is 2.92. The SMILES string of the molecule is [NH-]C(=O)c1ccc(NC(=O)N2Cc3ccncc3C2)cc1.[Re]. The van der Waals surface area contributed by atoms with Gasteiger partial charge in [-0.25, -0.2) is 4.79 Å². The van der Waals surface area contributed by atoms with Crippen molar-refractivity contribution in [2.24, 2.45) is 0 Å². The van der Waals surface area contributed by atoms with E-state index in [-0.39, 0.29) is 26.5 Å². The van der Waals surface area contributed by atoms with Crippen LogP contribution in [0.4, 0.5) is 10.5 Å². The molecule has 2 aromatic rings. The van der Waals surface area contributed by atoms with Crippen LogP contribution < -0.4 is 5.32 Å². The van der Waals surface area contributed by atoms with E-state index >= 15 is 0 Å². The van der Waals surface area contributed by atoms with Gasteiger partial charge in [0, 0.05) is 51.6 Å². The molecule has 113 valence electrons. The van der Waals surface area contributed by atoms with Crippen molar-refractivity contribution in [3.05, 3.63) is 65.1 Å². The zero-order valence-electron chi connectivity index (χ0n) is 11.5. The van der Waals surface area contributed by atoms with E-state index in [0.717, 1.165) is 11.1 Å². The van der Waals surface area contributed by atoms with Crippen LogP contribution in [-0.2, 0) is 33.5 Å². The third kappa shape index (κ3) is 3.33. The van der Waals surface area contributed by atoms with Gasteiger partial charge in [-0.2, -0.15) is 0 Å². The van der Waals surface area contributed by atoms with Gasteiger partial charge in [0.1, 0.15) is 0 Å². The molecule has 7 heteroatoms. The van der Waals surface area contributed by atoms with E-state index in [2.05, 4.69) is 10.3 Å². The number of nitrogens with one attached hydrogen (secondary N) is 2. The van der Waals surface area contributed by atoms with Gasteiger partial charge in [0.15, 0.2) is 0 Å². The summed E-state index contributed by atoms with van der Waals surface area (Å²) in [5.74, 6) is -0.740. The molecule has 0 fully saturated rings. The molecule has 0 unspecified atom stereocenters. The minimum Gasteiger partial charge on any atom is -0.664 e. The number of nitrogens with zero attached hydrogens (tertiary/aromatic N) is 2. The first-order valence-corrected chi connectivity index (χ1v) is 6.47. The molecule has 0 spiro atoms. The van der Waals surface area contributed by atoms with Crippen molar-refractivity contribution in [2.75, 3.05) is 5.32 Å². The molecule has 3 amide bonds. The monoisotopic (exact) mass is 468 g/mol. The number of pyridine rings is 1. The molecular weight excluding hydrogens is 454 g/mol. The molecule has 6 nitrogen and oxygen atoms in total. The number of urea groups is 1. The number of anilines is 1. The number of rotatable bonds is 2. The van der Waals surface area contributed by atoms with Crippen molar-refractivity contribution in [1.29, 1.82) is 0 Å². The maximum atomic E-state index is 12.2. The summed E-state index contributed by atoms with van der Waals surface area (Å²) < 4.78 is 0. The van der Waals surface area contributed by atoms with Crippen LogP contribution >= 0.6 is 0 Å². The molecule has 0 bridgehead atoms. The summed E-state index contributed by atoms with van der Waals surface area (Å²) >= 11 is 0. The molecule has 0 aliphatic carbocycles. The van der Waals surface area contributed by atoms with E-state index < -0.39 is 5.91 Å². The van der Waals surface area contributed by atoms with E-state index in [1.807, 2.05) is 6.07 Å². The molecule has 1 aliphatic rings. The first kappa shape index (κ1) is 16.1. The first-order chi connectivity index (χ1) is 10.1. The van der Waals surface area contributed by atoms with Gasteiger partial charge in [-0.1, -0.05) is 12.1 Å². The summed E-state index contributed by atoms with van der Waals surface area (Å²) in [5, 5.41) is 2.78. The summed E-state index contributed by atoms with van der Waals surface area (Å²) in [7, 11) is 0. The number of hydrogen-bond donors (Lipinski definition) is 1. The molecule has 0 saturated heterocycles. The summed E-state index contributed by atoms with van der Waals surface area (Å²) in [6.45, 7) is 1.10. The molecule has 1 aliphatic heterocycles. The van der Waals surface area contributed by atoms with E-state index in [1.54, 1.807) is 29.4 Å². The summed E-state index contributed by atoms with van der Waals surface area (Å²) in [4.78, 5) is 28.8. The van der Waals surface area contributed by atoms with Crippen molar-refractivity contribution < 1.29 is 30.0 Å². The Balaban J connectivity index is 0.00000176. The van der Waals surface area contributed by atoms with Crippen molar-refractivity contribution in [3.8, 4) is 0 Å². The van der Waals surface area contributed by atoms with Crippen LogP contribution in [0.15, 0.2) is 42.7 Å². The van der Waals surface area contributed by atoms with Crippen LogP contribution in [0.3, 0.4) is 0 Å². The van der Waals surface area contributed by atoms with Crippen molar-refractivity contribution in [3.63, 3.8) is 0 Å². The Labute approximate surface area is 141 Å². The van der Waals surface area contributed by atoms with Crippen LogP contribution in [0.25, 0.3) is 5.73 Å². The van der Waals surface area contributed by atoms with Gasteiger partial charge in [-0.05, 0) is 34.9 Å². The number of benzene rings is 1. The third-order valence-electron chi connectivity index (χ3n) is 3.41. The van der Waals surface area contributed by atoms with Gasteiger partial charge in [0.25, 0.3) is 0 Å². The Hall–Kier alpha value is -2.23. The third-order valence-corrected chi connectivity index (χ3v) is 3.41. The van der Waals surface area contributed by atoms with Gasteiger partial charge in [-0.3, -0.25) is 4.98 Å². The zero-order valence-corrected chi connectivity index (χ0v) is 14.3. The van der Waals surface area contributed by atoms with Gasteiger partial charge in [0.2, 0.25) is 0 Å². The van der Waals surface area contributed by atoms with Gasteiger partial charge in [-0.15, -0.1) is 0 Å². The number of hydrogen-bond acceptors (Lipinski definition) is 3. The molecule has 1 radical (unpaired) electrons. The number of carbonyl (C=O) groups excluding carboxylic acids is 2. The predicted octanol–water partition coefficient (Wildman–Crippen LogP) is 2.82. The summed E-state index contributed by atoms with van der Waals surface area (Å²) in [5.41, 5.74) is 10.1. The summed E-state index contributed by atoms with van der Waals surface area (Å²) in [6, 6.07) is 7.99. The maximum absolute atomic E-state index is 12.2. The first-order valence-electron chi connectivity index (χ1n) is 6.47. The zero-order chi connectivity index (χ0) is 14.8. The van der Waals surface area contributed by atoms with Gasteiger partial charge < -0.3 is 20.7 Å². The predicted molar refractivity (Wildman–Crippen MR) is 77.6 cm³/mol. The Kier molecular flexibility index (Phi) is 4.91. The minimum atomic E-state index is -0.740. The Morgan fingerprint density at radius 2 is 1.77 bits per heavy atom. The molecule has 1 aromatic carbocycles. The second kappa shape index (κ2) is 6.69. The smallest absolute Gasteiger partial charge is 0.322 e. The normalized spacial score (nSPS) is 12.3. The minimum absolute atomic E-state index is 0. The van der Waals surface area contributed by atoms with Crippen LogP contribution in [0.1, 0.15) is 21.5 Å². The second-order valence-electron chi connectivity index (χ2n) is 4.84. The second-order valence-corrected chi connectivity index (χ2v) is 4.84. The van der Waals surface area contributed by atoms with Crippen LogP contribution in [-0.4, -0.2) is 21.8 Å². The molecule has 3 rings (SSSR count). The van der Waals surface area contributed by atoms with Crippen molar-refractivity contribution >= 4 is 17.6 Å². The van der Waals surface area contributed by atoms with Crippen LogP contribution in [0.5, 0.6) is 0 Å². The number of fused-ring (bicyclic) bond motifs is 1. The van der Waals surface area contributed by atoms with E-state index in [0.29, 0.717) is 24.3 Å². The largest absolute Gasteiger partial charge is 0.664 e. The quantitative estimate of drug-likeness (QED) is 0.737. The van der Waals surface area contributed by atoms with Gasteiger partial charge >= 0.3 is 6.03 Å². The topological polar surface area (TPSA) is 86.1 Å². The molecule has 1 aromatic heterocycles.